The summed E-state index contributed by atoms with van der Waals surface area (Å²) in [6.45, 7) is 0. The second-order valence-corrected chi connectivity index (χ2v) is 4.82. The first-order valence-corrected chi connectivity index (χ1v) is 6.43. The van der Waals surface area contributed by atoms with E-state index in [4.69, 9.17) is 11.5 Å². The van der Waals surface area contributed by atoms with Gasteiger partial charge in [0.15, 0.2) is 0 Å². The van der Waals surface area contributed by atoms with Crippen LogP contribution in [0.4, 0.5) is 17.3 Å². The van der Waals surface area contributed by atoms with Crippen LogP contribution in [0.2, 0.25) is 0 Å². The Morgan fingerprint density at radius 3 is 2.48 bits per heavy atom. The number of nitrogens with two attached hydrogens (primary N) is 2. The van der Waals surface area contributed by atoms with E-state index in [-0.39, 0.29) is 5.91 Å². The lowest BCUT2D eigenvalue weighted by Gasteiger charge is -2.05. The van der Waals surface area contributed by atoms with Gasteiger partial charge < -0.3 is 16.0 Å². The zero-order valence-corrected chi connectivity index (χ0v) is 11.5. The lowest BCUT2D eigenvalue weighted by Crippen LogP contribution is -2.15. The van der Waals surface area contributed by atoms with Crippen molar-refractivity contribution >= 4 is 34.3 Å². The molecule has 6 heteroatoms. The van der Waals surface area contributed by atoms with E-state index in [9.17, 15) is 4.79 Å². The van der Waals surface area contributed by atoms with Gasteiger partial charge in [0.25, 0.3) is 5.91 Å². The van der Waals surface area contributed by atoms with Gasteiger partial charge in [0.1, 0.15) is 0 Å². The number of benzene rings is 2. The number of aromatic nitrogens is 2. The van der Waals surface area contributed by atoms with Crippen LogP contribution in [0.5, 0.6) is 0 Å². The molecule has 0 atom stereocenters. The van der Waals surface area contributed by atoms with Crippen LogP contribution in [0.1, 0.15) is 10.4 Å². The summed E-state index contributed by atoms with van der Waals surface area (Å²) in [6.07, 6.45) is 0. The highest BCUT2D eigenvalue weighted by Gasteiger charge is 2.12. The molecule has 3 aromatic rings. The summed E-state index contributed by atoms with van der Waals surface area (Å²) in [5.41, 5.74) is 14.8. The van der Waals surface area contributed by atoms with E-state index in [0.717, 1.165) is 11.0 Å². The van der Waals surface area contributed by atoms with Gasteiger partial charge in [0.05, 0.1) is 11.0 Å². The smallest absolute Gasteiger partial charge is 0.257 e. The van der Waals surface area contributed by atoms with E-state index in [1.54, 1.807) is 36.4 Å². The van der Waals surface area contributed by atoms with Crippen LogP contribution in [0, 0.1) is 0 Å². The Hall–Kier alpha value is -3.02. The minimum Gasteiger partial charge on any atom is -0.399 e. The lowest BCUT2D eigenvalue weighted by atomic mass is 10.2. The summed E-state index contributed by atoms with van der Waals surface area (Å²) < 4.78 is 1.81. The number of aryl methyl sites for hydroxylation is 1. The molecule has 1 amide bonds. The van der Waals surface area contributed by atoms with Crippen LogP contribution < -0.4 is 16.8 Å². The molecule has 0 spiro atoms. The summed E-state index contributed by atoms with van der Waals surface area (Å²) in [4.78, 5) is 16.6. The first-order chi connectivity index (χ1) is 10.0. The summed E-state index contributed by atoms with van der Waals surface area (Å²) in [5, 5.41) is 2.79. The molecule has 3 rings (SSSR count). The number of rotatable bonds is 2. The monoisotopic (exact) mass is 281 g/mol. The molecule has 5 N–H and O–H groups in total. The Morgan fingerprint density at radius 1 is 1.10 bits per heavy atom. The molecule has 1 aromatic heterocycles. The summed E-state index contributed by atoms with van der Waals surface area (Å²) in [6, 6.07) is 12.2. The zero-order valence-electron chi connectivity index (χ0n) is 11.5. The molecule has 0 fully saturated rings. The number of nitrogen functional groups attached to an aromatic ring is 2. The maximum Gasteiger partial charge on any atom is 0.257 e. The number of anilines is 3. The minimum absolute atomic E-state index is 0.235. The van der Waals surface area contributed by atoms with Crippen LogP contribution in [0.15, 0.2) is 42.5 Å². The summed E-state index contributed by atoms with van der Waals surface area (Å²) in [7, 11) is 1.84. The average Bonchev–Trinajstić information content (AvgIpc) is 2.75. The van der Waals surface area contributed by atoms with Crippen LogP contribution >= 0.6 is 0 Å². The molecular weight excluding hydrogens is 266 g/mol. The number of fused-ring (bicyclic) bond motifs is 1. The number of hydrogen-bond acceptors (Lipinski definition) is 4. The number of hydrogen-bond donors (Lipinski definition) is 3. The van der Waals surface area contributed by atoms with Gasteiger partial charge in [-0.25, -0.2) is 4.98 Å². The van der Waals surface area contributed by atoms with Crippen molar-refractivity contribution in [3.63, 3.8) is 0 Å². The molecule has 0 bridgehead atoms. The Bertz CT molecular complexity index is 820. The van der Waals surface area contributed by atoms with Gasteiger partial charge in [0.2, 0.25) is 5.95 Å². The summed E-state index contributed by atoms with van der Waals surface area (Å²) in [5.74, 6) is 0.235. The minimum atomic E-state index is -0.235. The second kappa shape index (κ2) is 4.82. The highest BCUT2D eigenvalue weighted by atomic mass is 16.1. The van der Waals surface area contributed by atoms with Crippen molar-refractivity contribution in [2.75, 3.05) is 16.8 Å². The van der Waals surface area contributed by atoms with Gasteiger partial charge in [-0.1, -0.05) is 0 Å². The van der Waals surface area contributed by atoms with Crippen LogP contribution in [-0.2, 0) is 7.05 Å². The molecule has 0 radical (unpaired) electrons. The zero-order chi connectivity index (χ0) is 15.0. The van der Waals surface area contributed by atoms with Crippen molar-refractivity contribution < 1.29 is 4.79 Å². The van der Waals surface area contributed by atoms with Gasteiger partial charge in [-0.3, -0.25) is 10.1 Å². The normalized spacial score (nSPS) is 10.7. The largest absolute Gasteiger partial charge is 0.399 e. The fraction of sp³-hybridized carbons (Fsp3) is 0.0667. The van der Waals surface area contributed by atoms with E-state index in [0.29, 0.717) is 22.9 Å². The van der Waals surface area contributed by atoms with Gasteiger partial charge in [-0.15, -0.1) is 0 Å². The fourth-order valence-corrected chi connectivity index (χ4v) is 2.14. The molecule has 21 heavy (non-hydrogen) atoms. The molecular formula is C15H15N5O. The number of imidazole rings is 1. The highest BCUT2D eigenvalue weighted by molar-refractivity contribution is 6.04. The third-order valence-corrected chi connectivity index (χ3v) is 3.30. The highest BCUT2D eigenvalue weighted by Crippen LogP contribution is 2.21. The number of amides is 1. The third-order valence-electron chi connectivity index (χ3n) is 3.30. The molecule has 106 valence electrons. The van der Waals surface area contributed by atoms with Crippen molar-refractivity contribution in [1.29, 1.82) is 0 Å². The van der Waals surface area contributed by atoms with Gasteiger partial charge >= 0.3 is 0 Å². The quantitative estimate of drug-likeness (QED) is 0.625. The predicted octanol–water partition coefficient (Wildman–Crippen LogP) is 1.99. The van der Waals surface area contributed by atoms with E-state index in [2.05, 4.69) is 10.3 Å². The molecule has 6 nitrogen and oxygen atoms in total. The van der Waals surface area contributed by atoms with Gasteiger partial charge in [-0.2, -0.15) is 0 Å². The van der Waals surface area contributed by atoms with Crippen LogP contribution in [0.3, 0.4) is 0 Å². The van der Waals surface area contributed by atoms with E-state index in [1.165, 1.54) is 0 Å². The maximum atomic E-state index is 12.2. The van der Waals surface area contributed by atoms with Gasteiger partial charge in [0, 0.05) is 24.0 Å². The van der Waals surface area contributed by atoms with Crippen LogP contribution in [0.25, 0.3) is 11.0 Å². The predicted molar refractivity (Wildman–Crippen MR) is 83.9 cm³/mol. The number of nitrogens with zero attached hydrogens (tertiary/aromatic N) is 2. The number of carbonyl (C=O) groups is 1. The Morgan fingerprint density at radius 2 is 1.76 bits per heavy atom. The van der Waals surface area contributed by atoms with Crippen molar-refractivity contribution in [3.05, 3.63) is 48.0 Å². The molecule has 0 saturated heterocycles. The molecule has 2 aromatic carbocycles. The molecule has 0 saturated carbocycles. The number of carbonyl (C=O) groups excluding carboxylic acids is 1. The van der Waals surface area contributed by atoms with Crippen LogP contribution in [-0.4, -0.2) is 15.5 Å². The third kappa shape index (κ3) is 2.38. The van der Waals surface area contributed by atoms with E-state index < -0.39 is 0 Å². The SMILES string of the molecule is Cn1c(NC(=O)c2ccc(N)cc2)nc2cc(N)ccc21. The Labute approximate surface area is 121 Å². The first kappa shape index (κ1) is 13.0. The molecule has 0 unspecified atom stereocenters. The van der Waals surface area contributed by atoms with Crippen molar-refractivity contribution in [2.24, 2.45) is 7.05 Å². The molecule has 1 heterocycles. The van der Waals surface area contributed by atoms with Gasteiger partial charge in [-0.05, 0) is 42.5 Å². The second-order valence-electron chi connectivity index (χ2n) is 4.82. The van der Waals surface area contributed by atoms with E-state index >= 15 is 0 Å². The van der Waals surface area contributed by atoms with E-state index in [1.807, 2.05) is 17.7 Å². The fourth-order valence-electron chi connectivity index (χ4n) is 2.14. The lowest BCUT2D eigenvalue weighted by molar-refractivity contribution is 0.102. The standard InChI is InChI=1S/C15H15N5O/c1-20-13-7-6-11(17)8-12(13)18-15(20)19-14(21)9-2-4-10(16)5-3-9/h2-8H,16-17H2,1H3,(H,18,19,21). The average molecular weight is 281 g/mol. The first-order valence-electron chi connectivity index (χ1n) is 6.43. The number of nitrogens with one attached hydrogen (secondary N) is 1. The topological polar surface area (TPSA) is 99.0 Å². The molecule has 0 aliphatic carbocycles. The Kier molecular flexibility index (Phi) is 2.98. The van der Waals surface area contributed by atoms with Crippen molar-refractivity contribution in [2.45, 2.75) is 0 Å². The van der Waals surface area contributed by atoms with Crippen molar-refractivity contribution in [3.8, 4) is 0 Å². The summed E-state index contributed by atoms with van der Waals surface area (Å²) >= 11 is 0. The molecule has 0 aliphatic rings. The van der Waals surface area contributed by atoms with Crippen molar-refractivity contribution in [1.82, 2.24) is 9.55 Å². The molecule has 0 aliphatic heterocycles. The maximum absolute atomic E-state index is 12.2. The Balaban J connectivity index is 1.92.